The van der Waals surface area contributed by atoms with Gasteiger partial charge in [-0.2, -0.15) is 0 Å². The highest BCUT2D eigenvalue weighted by molar-refractivity contribution is 9.11. The Hall–Kier alpha value is -0.810. The number of halogens is 1. The third kappa shape index (κ3) is 2.10. The number of allylic oxidation sites excluding steroid dienone is 2. The molecule has 1 rings (SSSR count). The monoisotopic (exact) mass is 247 g/mol. The third-order valence-corrected chi connectivity index (χ3v) is 2.24. The van der Waals surface area contributed by atoms with Crippen molar-refractivity contribution in [2.75, 3.05) is 13.7 Å². The van der Waals surface area contributed by atoms with Crippen LogP contribution in [0.5, 0.6) is 0 Å². The molecule has 1 atom stereocenters. The number of methoxy groups -OCH3 is 1. The molecule has 1 aliphatic heterocycles. The average Bonchev–Trinajstić information content (AvgIpc) is 2.09. The maximum absolute atomic E-state index is 10.9. The maximum atomic E-state index is 10.9. The molecule has 0 aromatic rings. The molecular formula is C8H10BrNO3. The first-order chi connectivity index (χ1) is 6.10. The van der Waals surface area contributed by atoms with E-state index in [4.69, 9.17) is 9.84 Å². The molecule has 0 fully saturated rings. The van der Waals surface area contributed by atoms with Crippen LogP contribution in [0.1, 0.15) is 0 Å². The van der Waals surface area contributed by atoms with Crippen LogP contribution in [0.15, 0.2) is 22.8 Å². The lowest BCUT2D eigenvalue weighted by Gasteiger charge is -2.27. The van der Waals surface area contributed by atoms with Crippen LogP contribution < -0.4 is 5.32 Å². The van der Waals surface area contributed by atoms with Crippen molar-refractivity contribution in [3.63, 3.8) is 0 Å². The van der Waals surface area contributed by atoms with Gasteiger partial charge in [-0.05, 0) is 28.1 Å². The highest BCUT2D eigenvalue weighted by Gasteiger charge is 2.36. The van der Waals surface area contributed by atoms with Gasteiger partial charge in [0.2, 0.25) is 0 Å². The summed E-state index contributed by atoms with van der Waals surface area (Å²) in [6, 6.07) is 0. The lowest BCUT2D eigenvalue weighted by molar-refractivity contribution is -0.144. The highest BCUT2D eigenvalue weighted by atomic mass is 79.9. The molecule has 0 radical (unpaired) electrons. The fraction of sp³-hybridized carbons (Fsp3) is 0.375. The number of ether oxygens (including phenoxy) is 1. The molecule has 0 saturated carbocycles. The van der Waals surface area contributed by atoms with Gasteiger partial charge in [-0.15, -0.1) is 0 Å². The predicted octanol–water partition coefficient (Wildman–Crippen LogP) is 0.852. The van der Waals surface area contributed by atoms with Crippen LogP contribution in [0.2, 0.25) is 0 Å². The summed E-state index contributed by atoms with van der Waals surface area (Å²) in [5.41, 5.74) is -1.13. The van der Waals surface area contributed by atoms with Crippen LogP contribution in [0.4, 0.5) is 0 Å². The van der Waals surface area contributed by atoms with Crippen molar-refractivity contribution in [2.45, 2.75) is 5.54 Å². The van der Waals surface area contributed by atoms with Gasteiger partial charge in [0.25, 0.3) is 0 Å². The summed E-state index contributed by atoms with van der Waals surface area (Å²) in [5, 5.41) is 11.7. The predicted molar refractivity (Wildman–Crippen MR) is 51.5 cm³/mol. The SMILES string of the molecule is COCC1(C(=O)O)C=CC(Br)=CN1. The van der Waals surface area contributed by atoms with Gasteiger partial charge in [0.15, 0.2) is 5.54 Å². The van der Waals surface area contributed by atoms with Crippen molar-refractivity contribution in [1.29, 1.82) is 0 Å². The normalized spacial score (nSPS) is 26.5. The van der Waals surface area contributed by atoms with Crippen LogP contribution >= 0.6 is 15.9 Å². The Balaban J connectivity index is 2.84. The molecule has 0 aliphatic carbocycles. The van der Waals surface area contributed by atoms with E-state index >= 15 is 0 Å². The fourth-order valence-electron chi connectivity index (χ4n) is 1.03. The molecule has 4 nitrogen and oxygen atoms in total. The van der Waals surface area contributed by atoms with Crippen molar-refractivity contribution in [1.82, 2.24) is 5.32 Å². The Morgan fingerprint density at radius 3 is 2.92 bits per heavy atom. The van der Waals surface area contributed by atoms with Crippen LogP contribution in [0, 0.1) is 0 Å². The van der Waals surface area contributed by atoms with E-state index in [1.54, 1.807) is 18.4 Å². The molecule has 0 bridgehead atoms. The Morgan fingerprint density at radius 2 is 2.54 bits per heavy atom. The average molecular weight is 248 g/mol. The summed E-state index contributed by atoms with van der Waals surface area (Å²) in [6.07, 6.45) is 4.83. The van der Waals surface area contributed by atoms with Gasteiger partial charge in [-0.3, -0.25) is 0 Å². The molecular weight excluding hydrogens is 238 g/mol. The van der Waals surface area contributed by atoms with E-state index in [0.717, 1.165) is 4.48 Å². The van der Waals surface area contributed by atoms with Crippen molar-refractivity contribution in [3.8, 4) is 0 Å². The largest absolute Gasteiger partial charge is 0.479 e. The molecule has 5 heteroatoms. The zero-order chi connectivity index (χ0) is 9.90. The summed E-state index contributed by atoms with van der Waals surface area (Å²) >= 11 is 3.22. The minimum Gasteiger partial charge on any atom is -0.479 e. The number of aliphatic carboxylic acids is 1. The van der Waals surface area contributed by atoms with Gasteiger partial charge in [0.1, 0.15) is 0 Å². The lowest BCUT2D eigenvalue weighted by Crippen LogP contribution is -2.52. The van der Waals surface area contributed by atoms with E-state index in [1.807, 2.05) is 0 Å². The second-order valence-corrected chi connectivity index (χ2v) is 3.63. The number of hydrogen-bond acceptors (Lipinski definition) is 3. The standard InChI is InChI=1S/C8H10BrNO3/c1-13-5-8(7(11)12)3-2-6(9)4-10-8/h2-4,10H,5H2,1H3,(H,11,12). The molecule has 72 valence electrons. The zero-order valence-corrected chi connectivity index (χ0v) is 8.67. The van der Waals surface area contributed by atoms with Gasteiger partial charge in [0.05, 0.1) is 6.61 Å². The molecule has 1 unspecified atom stereocenters. The molecule has 0 aromatic heterocycles. The first-order valence-corrected chi connectivity index (χ1v) is 4.45. The van der Waals surface area contributed by atoms with Crippen molar-refractivity contribution >= 4 is 21.9 Å². The topological polar surface area (TPSA) is 58.6 Å². The van der Waals surface area contributed by atoms with Crippen molar-refractivity contribution in [2.24, 2.45) is 0 Å². The van der Waals surface area contributed by atoms with Crippen LogP contribution in [-0.2, 0) is 9.53 Å². The first-order valence-electron chi connectivity index (χ1n) is 3.66. The van der Waals surface area contributed by atoms with Crippen molar-refractivity contribution < 1.29 is 14.6 Å². The van der Waals surface area contributed by atoms with Crippen LogP contribution in [0.25, 0.3) is 0 Å². The van der Waals surface area contributed by atoms with E-state index in [1.165, 1.54) is 7.11 Å². The highest BCUT2D eigenvalue weighted by Crippen LogP contribution is 2.18. The molecule has 0 amide bonds. The Bertz CT molecular complexity index is 275. The Kier molecular flexibility index (Phi) is 3.11. The molecule has 0 saturated heterocycles. The number of carbonyl (C=O) groups is 1. The van der Waals surface area contributed by atoms with E-state index < -0.39 is 11.5 Å². The summed E-state index contributed by atoms with van der Waals surface area (Å²) < 4.78 is 5.65. The molecule has 1 heterocycles. The summed E-state index contributed by atoms with van der Waals surface area (Å²) in [6.45, 7) is 0.0929. The maximum Gasteiger partial charge on any atom is 0.335 e. The molecule has 13 heavy (non-hydrogen) atoms. The van der Waals surface area contributed by atoms with Crippen LogP contribution in [0.3, 0.4) is 0 Å². The molecule has 0 spiro atoms. The van der Waals surface area contributed by atoms with E-state index in [0.29, 0.717) is 0 Å². The number of nitrogens with one attached hydrogen (secondary N) is 1. The number of carboxylic acids is 1. The third-order valence-electron chi connectivity index (χ3n) is 1.75. The van der Waals surface area contributed by atoms with Gasteiger partial charge < -0.3 is 15.2 Å². The minimum absolute atomic E-state index is 0.0929. The number of rotatable bonds is 3. The second-order valence-electron chi connectivity index (χ2n) is 2.72. The van der Waals surface area contributed by atoms with Crippen LogP contribution in [-0.4, -0.2) is 30.3 Å². The summed E-state index contributed by atoms with van der Waals surface area (Å²) in [5.74, 6) is -0.957. The van der Waals surface area contributed by atoms with Crippen molar-refractivity contribution in [3.05, 3.63) is 22.8 Å². The summed E-state index contributed by atoms with van der Waals surface area (Å²) in [7, 11) is 1.47. The number of carboxylic acid groups (broad SMARTS) is 1. The number of hydrogen-bond donors (Lipinski definition) is 2. The van der Waals surface area contributed by atoms with E-state index in [2.05, 4.69) is 21.2 Å². The zero-order valence-electron chi connectivity index (χ0n) is 7.08. The first kappa shape index (κ1) is 10.3. The smallest absolute Gasteiger partial charge is 0.335 e. The Morgan fingerprint density at radius 1 is 1.85 bits per heavy atom. The lowest BCUT2D eigenvalue weighted by atomic mass is 9.99. The Labute approximate surface area is 84.4 Å². The van der Waals surface area contributed by atoms with E-state index in [9.17, 15) is 4.79 Å². The van der Waals surface area contributed by atoms with Gasteiger partial charge in [0, 0.05) is 17.8 Å². The van der Waals surface area contributed by atoms with Gasteiger partial charge in [-0.25, -0.2) is 4.79 Å². The molecule has 0 aromatic carbocycles. The second kappa shape index (κ2) is 3.93. The quantitative estimate of drug-likeness (QED) is 0.777. The number of dihydropyridines is 1. The summed E-state index contributed by atoms with van der Waals surface area (Å²) in [4.78, 5) is 10.9. The van der Waals surface area contributed by atoms with E-state index in [-0.39, 0.29) is 6.61 Å². The van der Waals surface area contributed by atoms with Gasteiger partial charge >= 0.3 is 5.97 Å². The van der Waals surface area contributed by atoms with Gasteiger partial charge in [-0.1, -0.05) is 0 Å². The molecule has 2 N–H and O–H groups in total. The fourth-order valence-corrected chi connectivity index (χ4v) is 1.27. The minimum atomic E-state index is -1.13. The molecule has 1 aliphatic rings.